The van der Waals surface area contributed by atoms with E-state index in [1.54, 1.807) is 16.4 Å². The Morgan fingerprint density at radius 1 is 1.30 bits per heavy atom. The van der Waals surface area contributed by atoms with Crippen LogP contribution in [0.5, 0.6) is 0 Å². The van der Waals surface area contributed by atoms with Crippen LogP contribution in [0.25, 0.3) is 5.69 Å². The van der Waals surface area contributed by atoms with E-state index in [0.29, 0.717) is 12.3 Å². The van der Waals surface area contributed by atoms with Crippen molar-refractivity contribution >= 4 is 11.8 Å². The van der Waals surface area contributed by atoms with Crippen molar-refractivity contribution < 1.29 is 0 Å². The van der Waals surface area contributed by atoms with Gasteiger partial charge in [0.25, 0.3) is 0 Å². The van der Waals surface area contributed by atoms with Gasteiger partial charge in [0.05, 0.1) is 11.8 Å². The molecule has 6 heteroatoms. The monoisotopic (exact) mass is 287 g/mol. The molecular weight excluding hydrogens is 270 g/mol. The highest BCUT2D eigenvalue weighted by Gasteiger charge is 2.09. The van der Waals surface area contributed by atoms with Crippen molar-refractivity contribution in [1.29, 1.82) is 5.26 Å². The predicted molar refractivity (Wildman–Crippen MR) is 78.8 cm³/mol. The zero-order valence-corrected chi connectivity index (χ0v) is 12.5. The maximum Gasteiger partial charge on any atom is 0.214 e. The first-order valence-electron chi connectivity index (χ1n) is 6.61. The van der Waals surface area contributed by atoms with Gasteiger partial charge < -0.3 is 0 Å². The molecule has 0 aliphatic rings. The van der Waals surface area contributed by atoms with Crippen molar-refractivity contribution in [3.63, 3.8) is 0 Å². The number of rotatable bonds is 6. The normalized spacial score (nSPS) is 10.7. The second-order valence-corrected chi connectivity index (χ2v) is 5.79. The summed E-state index contributed by atoms with van der Waals surface area (Å²) in [7, 11) is 0. The van der Waals surface area contributed by atoms with Crippen LogP contribution < -0.4 is 0 Å². The standard InChI is InChI=1S/C14H17N5S/c1-11(2)12-5-7-13(8-6-12)19-14(16-17-18-19)20-10-4-3-9-15/h5-8,11H,3-4,10H2,1-2H3. The highest BCUT2D eigenvalue weighted by Crippen LogP contribution is 2.21. The third-order valence-electron chi connectivity index (χ3n) is 2.91. The van der Waals surface area contributed by atoms with Crippen LogP contribution in [0.1, 0.15) is 38.2 Å². The van der Waals surface area contributed by atoms with E-state index in [-0.39, 0.29) is 0 Å². The zero-order valence-electron chi connectivity index (χ0n) is 11.7. The number of nitriles is 1. The largest absolute Gasteiger partial charge is 0.214 e. The Labute approximate surface area is 123 Å². The summed E-state index contributed by atoms with van der Waals surface area (Å²) in [6.45, 7) is 4.34. The third kappa shape index (κ3) is 3.58. The van der Waals surface area contributed by atoms with E-state index in [9.17, 15) is 0 Å². The van der Waals surface area contributed by atoms with Gasteiger partial charge in [-0.1, -0.05) is 37.7 Å². The van der Waals surface area contributed by atoms with Gasteiger partial charge in [-0.15, -0.1) is 5.10 Å². The van der Waals surface area contributed by atoms with Crippen molar-refractivity contribution in [3.8, 4) is 11.8 Å². The summed E-state index contributed by atoms with van der Waals surface area (Å²) in [5, 5.41) is 21.1. The number of hydrogen-bond donors (Lipinski definition) is 0. The lowest BCUT2D eigenvalue weighted by Crippen LogP contribution is -2.00. The number of nitrogens with zero attached hydrogens (tertiary/aromatic N) is 5. The van der Waals surface area contributed by atoms with Crippen LogP contribution >= 0.6 is 11.8 Å². The molecule has 0 aliphatic carbocycles. The summed E-state index contributed by atoms with van der Waals surface area (Å²) in [4.78, 5) is 0. The molecule has 1 heterocycles. The minimum atomic E-state index is 0.512. The van der Waals surface area contributed by atoms with Crippen LogP contribution in [0.15, 0.2) is 29.4 Å². The van der Waals surface area contributed by atoms with Gasteiger partial charge >= 0.3 is 0 Å². The number of thioether (sulfide) groups is 1. The van der Waals surface area contributed by atoms with Crippen LogP contribution in [0.4, 0.5) is 0 Å². The van der Waals surface area contributed by atoms with Crippen molar-refractivity contribution in [2.24, 2.45) is 0 Å². The molecule has 0 saturated carbocycles. The van der Waals surface area contributed by atoms with E-state index >= 15 is 0 Å². The molecule has 104 valence electrons. The summed E-state index contributed by atoms with van der Waals surface area (Å²) < 4.78 is 1.74. The van der Waals surface area contributed by atoms with E-state index < -0.39 is 0 Å². The van der Waals surface area contributed by atoms with E-state index in [2.05, 4.69) is 47.6 Å². The Kier molecular flexibility index (Phi) is 5.13. The highest BCUT2D eigenvalue weighted by molar-refractivity contribution is 7.99. The lowest BCUT2D eigenvalue weighted by atomic mass is 10.0. The van der Waals surface area contributed by atoms with Crippen molar-refractivity contribution in [2.45, 2.75) is 37.8 Å². The Balaban J connectivity index is 2.09. The van der Waals surface area contributed by atoms with E-state index in [0.717, 1.165) is 23.0 Å². The van der Waals surface area contributed by atoms with Crippen LogP contribution in [0.2, 0.25) is 0 Å². The smallest absolute Gasteiger partial charge is 0.198 e. The van der Waals surface area contributed by atoms with E-state index in [1.165, 1.54) is 5.56 Å². The summed E-state index contributed by atoms with van der Waals surface area (Å²) in [6.07, 6.45) is 1.41. The van der Waals surface area contributed by atoms with Gasteiger partial charge in [-0.3, -0.25) is 0 Å². The molecule has 2 aromatic rings. The second-order valence-electron chi connectivity index (χ2n) is 4.73. The molecule has 0 spiro atoms. The molecular formula is C14H17N5S. The molecule has 0 saturated heterocycles. The average Bonchev–Trinajstić information content (AvgIpc) is 2.92. The van der Waals surface area contributed by atoms with Gasteiger partial charge in [0.2, 0.25) is 5.16 Å². The molecule has 0 radical (unpaired) electrons. The zero-order chi connectivity index (χ0) is 14.4. The number of hydrogen-bond acceptors (Lipinski definition) is 5. The SMILES string of the molecule is CC(C)c1ccc(-n2nnnc2SCCCC#N)cc1. The molecule has 20 heavy (non-hydrogen) atoms. The quantitative estimate of drug-likeness (QED) is 0.603. The minimum Gasteiger partial charge on any atom is -0.198 e. The van der Waals surface area contributed by atoms with Crippen molar-refractivity contribution in [2.75, 3.05) is 5.75 Å². The van der Waals surface area contributed by atoms with Crippen LogP contribution in [0, 0.1) is 11.3 Å². The van der Waals surface area contributed by atoms with E-state index in [1.807, 2.05) is 12.1 Å². The molecule has 0 aliphatic heterocycles. The first-order chi connectivity index (χ1) is 9.72. The number of aromatic nitrogens is 4. The van der Waals surface area contributed by atoms with E-state index in [4.69, 9.17) is 5.26 Å². The van der Waals surface area contributed by atoms with Gasteiger partial charge in [-0.2, -0.15) is 9.94 Å². The average molecular weight is 287 g/mol. The number of tetrazole rings is 1. The number of benzene rings is 1. The molecule has 0 atom stereocenters. The van der Waals surface area contributed by atoms with Crippen molar-refractivity contribution in [3.05, 3.63) is 29.8 Å². The molecule has 0 fully saturated rings. The van der Waals surface area contributed by atoms with Crippen LogP contribution in [0.3, 0.4) is 0 Å². The van der Waals surface area contributed by atoms with Gasteiger partial charge in [0.15, 0.2) is 0 Å². The summed E-state index contributed by atoms with van der Waals surface area (Å²) in [5.41, 5.74) is 2.26. The minimum absolute atomic E-state index is 0.512. The fourth-order valence-electron chi connectivity index (χ4n) is 1.75. The van der Waals surface area contributed by atoms with Gasteiger partial charge in [-0.05, 0) is 40.5 Å². The first-order valence-corrected chi connectivity index (χ1v) is 7.59. The van der Waals surface area contributed by atoms with Crippen LogP contribution in [-0.4, -0.2) is 26.0 Å². The molecule has 0 amide bonds. The molecule has 1 aromatic carbocycles. The molecule has 5 nitrogen and oxygen atoms in total. The topological polar surface area (TPSA) is 67.4 Å². The fraction of sp³-hybridized carbons (Fsp3) is 0.429. The predicted octanol–water partition coefficient (Wildman–Crippen LogP) is 3.18. The second kappa shape index (κ2) is 7.06. The highest BCUT2D eigenvalue weighted by atomic mass is 32.2. The summed E-state index contributed by atoms with van der Waals surface area (Å²) in [6, 6.07) is 10.4. The molecule has 0 N–H and O–H groups in total. The summed E-state index contributed by atoms with van der Waals surface area (Å²) in [5.74, 6) is 1.36. The van der Waals surface area contributed by atoms with Gasteiger partial charge in [0, 0.05) is 12.2 Å². The number of unbranched alkanes of at least 4 members (excludes halogenated alkanes) is 1. The van der Waals surface area contributed by atoms with Crippen molar-refractivity contribution in [1.82, 2.24) is 20.2 Å². The maximum atomic E-state index is 8.52. The van der Waals surface area contributed by atoms with Gasteiger partial charge in [-0.25, -0.2) is 0 Å². The third-order valence-corrected chi connectivity index (χ3v) is 3.91. The lowest BCUT2D eigenvalue weighted by Gasteiger charge is -2.07. The maximum absolute atomic E-state index is 8.52. The molecule has 1 aromatic heterocycles. The molecule has 0 unspecified atom stereocenters. The molecule has 0 bridgehead atoms. The summed E-state index contributed by atoms with van der Waals surface area (Å²) >= 11 is 1.57. The Bertz CT molecular complexity index is 582. The molecule has 2 rings (SSSR count). The Morgan fingerprint density at radius 2 is 2.05 bits per heavy atom. The Morgan fingerprint density at radius 3 is 2.70 bits per heavy atom. The van der Waals surface area contributed by atoms with Crippen LogP contribution in [-0.2, 0) is 0 Å². The van der Waals surface area contributed by atoms with Gasteiger partial charge in [0.1, 0.15) is 0 Å². The Hall–Kier alpha value is -1.87. The fourth-order valence-corrected chi connectivity index (χ4v) is 2.58. The first kappa shape index (κ1) is 14.5. The lowest BCUT2D eigenvalue weighted by molar-refractivity contribution is 0.754.